The number of carbonyl (C=O) groups excluding carboxylic acids is 5. The Labute approximate surface area is 674 Å². The minimum Gasteiger partial charge on any atom is -0.394 e. The van der Waals surface area contributed by atoms with Crippen LogP contribution in [-0.2, 0) is 109 Å². The van der Waals surface area contributed by atoms with E-state index in [1.54, 1.807) is 0 Å². The van der Waals surface area contributed by atoms with E-state index in [1.807, 2.05) is 0 Å². The average Bonchev–Trinajstić information content (AvgIpc) is 0.763. The molecule has 53 heteroatoms. The largest absolute Gasteiger partial charge is 0.394 e. The maximum absolute atomic E-state index is 13.4. The summed E-state index contributed by atoms with van der Waals surface area (Å²) in [6.07, 6.45) is -85.3. The van der Waals surface area contributed by atoms with Crippen LogP contribution in [0.2, 0.25) is 0 Å². The summed E-state index contributed by atoms with van der Waals surface area (Å²) < 4.78 is 107. The molecule has 9 aliphatic rings. The third-order valence-electron chi connectivity index (χ3n) is 21.3. The molecule has 0 aromatic carbocycles. The maximum Gasteiger partial charge on any atom is 0.217 e. The van der Waals surface area contributed by atoms with Crippen LogP contribution < -0.4 is 26.6 Å². The van der Waals surface area contributed by atoms with Gasteiger partial charge in [0.15, 0.2) is 56.6 Å². The molecule has 9 rings (SSSR count). The molecule has 0 aromatic rings. The van der Waals surface area contributed by atoms with Crippen molar-refractivity contribution in [3.05, 3.63) is 0 Å². The molecule has 119 heavy (non-hydrogen) atoms. The van der Waals surface area contributed by atoms with Crippen molar-refractivity contribution in [1.29, 1.82) is 0 Å². The molecule has 46 atom stereocenters. The second-order valence-corrected chi connectivity index (χ2v) is 29.6. The molecule has 9 heterocycles. The molecule has 0 aliphatic carbocycles. The first-order valence-corrected chi connectivity index (χ1v) is 37.8. The smallest absolute Gasteiger partial charge is 0.217 e. The lowest BCUT2D eigenvalue weighted by molar-refractivity contribution is -0.389. The zero-order valence-corrected chi connectivity index (χ0v) is 64.0. The fourth-order valence-electron chi connectivity index (χ4n) is 15.1. The Morgan fingerprint density at radius 3 is 0.933 bits per heavy atom. The zero-order chi connectivity index (χ0) is 87.6. The summed E-state index contributed by atoms with van der Waals surface area (Å²) in [4.78, 5) is 63.2. The summed E-state index contributed by atoms with van der Waals surface area (Å²) in [5.74, 6) is -3.83. The van der Waals surface area contributed by atoms with Crippen LogP contribution in [0.4, 0.5) is 0 Å². The number of aliphatic hydroxyl groups is 25. The lowest BCUT2D eigenvalue weighted by atomic mass is 9.93. The van der Waals surface area contributed by atoms with Gasteiger partial charge in [0.25, 0.3) is 0 Å². The van der Waals surface area contributed by atoms with Gasteiger partial charge in [0.05, 0.1) is 78.7 Å². The highest BCUT2D eigenvalue weighted by Gasteiger charge is 2.61. The number of ether oxygens (including phenoxy) is 18. The van der Waals surface area contributed by atoms with Crippen molar-refractivity contribution in [2.24, 2.45) is 0 Å². The van der Waals surface area contributed by atoms with E-state index in [2.05, 4.69) is 26.6 Å². The molecule has 0 unspecified atom stereocenters. The Morgan fingerprint density at radius 2 is 0.555 bits per heavy atom. The maximum atomic E-state index is 13.4. The van der Waals surface area contributed by atoms with E-state index in [0.717, 1.165) is 27.7 Å². The average molecular weight is 1740 g/mol. The minimum absolute atomic E-state index is 0.238. The van der Waals surface area contributed by atoms with Crippen molar-refractivity contribution in [3.63, 3.8) is 0 Å². The molecule has 9 saturated heterocycles. The standard InChI is InChI=1S/C66H111N5O48/c1-17(82)68-31-42(93)35(86)22(6-73)104-59(31)117-55-39(90)27(11-78)109-65(49(55)100)115-53-33(70-19(3)84)61(106-24(8-75)37(53)88)119-57-41(92)30(15-103-58-32(69-18(2)83)43(94)51(28(12-79)110-58)113-63-46(97)44(95)36(87)23(7-74)107-63)112-66(50(57)101)116-54-34(71-20(4)85)60(105-25(9-76)38(54)89)118-56-40(91)26(10-77)108-64(48(56)99)114-52-29(13-80)111-62(47(98)45(52)96)102-14-21(5-72)67-16-81/h16,21-66,72-80,86-101H,5-15H2,1-4H3,(H,67,81)(H,68,82)(H,69,83)(H,70,84)(H,71,85)/t21-,22-,23-,24-,25-,26-,27-,28-,29-,30-,31-,32-,33-,34-,35+,36+,37-,38-,39+,40+,41+,42-,43-,44+,45-,46-,47-,48-,49-,50-,51-,52-,53-,54-,55+,56+,57+,58-,59-,60+,61+,62-,63+,64+,65+,66+/m1/s1. The first kappa shape index (κ1) is 98.4. The summed E-state index contributed by atoms with van der Waals surface area (Å²) in [7, 11) is 0. The topological polar surface area (TPSA) is 817 Å². The van der Waals surface area contributed by atoms with Gasteiger partial charge in [-0.15, -0.1) is 0 Å². The van der Waals surface area contributed by atoms with E-state index in [-0.39, 0.29) is 6.41 Å². The predicted octanol–water partition coefficient (Wildman–Crippen LogP) is -20.9. The number of hydrogen-bond acceptors (Lipinski definition) is 48. The normalized spacial score (nSPS) is 46.9. The van der Waals surface area contributed by atoms with Gasteiger partial charge in [0, 0.05) is 27.7 Å². The molecule has 53 nitrogen and oxygen atoms in total. The van der Waals surface area contributed by atoms with E-state index in [0.29, 0.717) is 0 Å². The Morgan fingerprint density at radius 1 is 0.277 bits per heavy atom. The van der Waals surface area contributed by atoms with Gasteiger partial charge in [-0.1, -0.05) is 0 Å². The Kier molecular flexibility index (Phi) is 36.5. The number of rotatable bonds is 35. The van der Waals surface area contributed by atoms with Gasteiger partial charge in [-0.2, -0.15) is 0 Å². The van der Waals surface area contributed by atoms with E-state index in [1.165, 1.54) is 0 Å². The first-order valence-electron chi connectivity index (χ1n) is 37.8. The lowest BCUT2D eigenvalue weighted by Crippen LogP contribution is -2.71. The van der Waals surface area contributed by atoms with Crippen molar-refractivity contribution in [2.75, 3.05) is 72.7 Å². The number of hydrogen-bond donors (Lipinski definition) is 30. The van der Waals surface area contributed by atoms with Crippen LogP contribution in [0.5, 0.6) is 0 Å². The zero-order valence-electron chi connectivity index (χ0n) is 64.0. The summed E-state index contributed by atoms with van der Waals surface area (Å²) in [5.41, 5.74) is 0. The third-order valence-corrected chi connectivity index (χ3v) is 21.3. The van der Waals surface area contributed by atoms with Gasteiger partial charge in [0.2, 0.25) is 30.0 Å². The van der Waals surface area contributed by atoms with E-state index >= 15 is 0 Å². The highest BCUT2D eigenvalue weighted by Crippen LogP contribution is 2.40. The van der Waals surface area contributed by atoms with Crippen LogP contribution >= 0.6 is 0 Å². The number of carbonyl (C=O) groups is 5. The quantitative estimate of drug-likeness (QED) is 0.0262. The van der Waals surface area contributed by atoms with Gasteiger partial charge >= 0.3 is 0 Å². The Hall–Kier alpha value is -4.37. The number of amides is 5. The Balaban J connectivity index is 1.05. The molecular formula is C66H111N5O48. The molecule has 0 spiro atoms. The van der Waals surface area contributed by atoms with Crippen molar-refractivity contribution < 1.29 is 237 Å². The van der Waals surface area contributed by atoms with Crippen LogP contribution in [0.1, 0.15) is 27.7 Å². The fourth-order valence-corrected chi connectivity index (χ4v) is 15.1. The lowest BCUT2D eigenvalue weighted by Gasteiger charge is -2.51. The van der Waals surface area contributed by atoms with Gasteiger partial charge in [-0.05, 0) is 0 Å². The molecule has 0 aromatic heterocycles. The number of nitrogens with one attached hydrogen (secondary N) is 5. The van der Waals surface area contributed by atoms with Gasteiger partial charge in [-0.3, -0.25) is 24.0 Å². The highest BCUT2D eigenvalue weighted by atomic mass is 16.8. The summed E-state index contributed by atoms with van der Waals surface area (Å²) >= 11 is 0. The SMILES string of the molecule is CC(=O)N[C@H]1[C@H](OC[C@H]2O[C@@H](O[C@H]3[C@H](O)[C@@H](CO)O[C@@H](O[C@H]4[C@@H](O)[C@@H](CO)O[C@@H](O[C@H]5[C@H](O)[C@@H](O)[C@H](OC[C@@H](CO)NC=O)O[C@@H]5CO)[C@@H]4O)[C@@H]3NC(C)=O)[C@H](O)[C@@H](O[C@@H]3O[C@H](CO)[C@@H](O)[C@H](O[C@@H]4O[C@H](CO)[C@H](O)[C@H](O[C@H]5O[C@H](CO)[C@H](O)[C@H](O)[C@H]5NC(C)=O)[C@H]4O)[C@H]3NC(C)=O)[C@H]2O)O[C@H](CO)[C@@H](O[C@@H]2O[C@H](CO)[C@H](O)[C@H](O)[C@H]2O)[C@@H]1O. The first-order chi connectivity index (χ1) is 56.5. The van der Waals surface area contributed by atoms with Crippen molar-refractivity contribution in [3.8, 4) is 0 Å². The van der Waals surface area contributed by atoms with Gasteiger partial charge < -0.3 is 240 Å². The molecule has 9 fully saturated rings. The number of aliphatic hydroxyl groups excluding tert-OH is 25. The molecule has 0 saturated carbocycles. The minimum atomic E-state index is -2.61. The van der Waals surface area contributed by atoms with Crippen molar-refractivity contribution in [2.45, 2.75) is 310 Å². The fraction of sp³-hybridized carbons (Fsp3) is 0.924. The summed E-state index contributed by atoms with van der Waals surface area (Å²) in [6.45, 7) is -7.34. The van der Waals surface area contributed by atoms with Crippen LogP contribution in [0.15, 0.2) is 0 Å². The van der Waals surface area contributed by atoms with E-state index < -0.39 is 378 Å². The third kappa shape index (κ3) is 22.5. The van der Waals surface area contributed by atoms with E-state index in [4.69, 9.17) is 85.3 Å². The monoisotopic (exact) mass is 1740 g/mol. The molecule has 0 bridgehead atoms. The molecular weight excluding hydrogens is 1630 g/mol. The van der Waals surface area contributed by atoms with Crippen LogP contribution in [0, 0.1) is 0 Å². The molecule has 30 N–H and O–H groups in total. The molecule has 0 radical (unpaired) electrons. The van der Waals surface area contributed by atoms with Crippen LogP contribution in [0.25, 0.3) is 0 Å². The van der Waals surface area contributed by atoms with Crippen molar-refractivity contribution in [1.82, 2.24) is 26.6 Å². The molecule has 5 amide bonds. The molecule has 9 aliphatic heterocycles. The summed E-state index contributed by atoms with van der Waals surface area (Å²) in [5, 5.41) is 290. The highest BCUT2D eigenvalue weighted by molar-refractivity contribution is 5.74. The molecule has 688 valence electrons. The predicted molar refractivity (Wildman–Crippen MR) is 367 cm³/mol. The Bertz CT molecular complexity index is 3160. The van der Waals surface area contributed by atoms with E-state index in [9.17, 15) is 152 Å². The van der Waals surface area contributed by atoms with Crippen LogP contribution in [-0.4, -0.2) is 513 Å². The second kappa shape index (κ2) is 44.2. The second-order valence-electron chi connectivity index (χ2n) is 29.6. The van der Waals surface area contributed by atoms with Gasteiger partial charge in [0.1, 0.15) is 219 Å². The summed E-state index contributed by atoms with van der Waals surface area (Å²) in [6, 6.07) is -8.78. The van der Waals surface area contributed by atoms with Crippen molar-refractivity contribution >= 4 is 30.0 Å². The van der Waals surface area contributed by atoms with Crippen LogP contribution in [0.3, 0.4) is 0 Å². The van der Waals surface area contributed by atoms with Gasteiger partial charge in [-0.25, -0.2) is 0 Å².